The number of hydrogen-bond donors (Lipinski definition) is 0. The van der Waals surface area contributed by atoms with E-state index in [-0.39, 0.29) is 11.7 Å². The van der Waals surface area contributed by atoms with Crippen LogP contribution in [0.25, 0.3) is 0 Å². The van der Waals surface area contributed by atoms with Crippen LogP contribution in [0.1, 0.15) is 25.0 Å². The molecule has 0 aromatic heterocycles. The van der Waals surface area contributed by atoms with Crippen molar-refractivity contribution in [3.05, 3.63) is 51.7 Å². The van der Waals surface area contributed by atoms with Crippen molar-refractivity contribution in [1.82, 2.24) is 0 Å². The average Bonchev–Trinajstić information content (AvgIpc) is 2.96. The Morgan fingerprint density at radius 3 is 2.60 bits per heavy atom. The van der Waals surface area contributed by atoms with Gasteiger partial charge in [-0.1, -0.05) is 22.0 Å². The first-order valence-electron chi connectivity index (χ1n) is 8.17. The molecule has 0 saturated carbocycles. The number of hydrazine groups is 1. The van der Waals surface area contributed by atoms with E-state index in [9.17, 15) is 9.18 Å². The van der Waals surface area contributed by atoms with E-state index in [1.807, 2.05) is 49.9 Å². The summed E-state index contributed by atoms with van der Waals surface area (Å²) in [6.45, 7) is 6.27. The van der Waals surface area contributed by atoms with Gasteiger partial charge in [0.25, 0.3) is 5.91 Å². The molecule has 0 spiro atoms. The maximum absolute atomic E-state index is 13.9. The van der Waals surface area contributed by atoms with Gasteiger partial charge in [0.05, 0.1) is 23.6 Å². The van der Waals surface area contributed by atoms with Crippen LogP contribution in [0.4, 0.5) is 21.5 Å². The van der Waals surface area contributed by atoms with Gasteiger partial charge in [0.1, 0.15) is 11.4 Å². The molecule has 2 aliphatic heterocycles. The number of benzene rings is 2. The Morgan fingerprint density at radius 2 is 1.88 bits per heavy atom. The highest BCUT2D eigenvalue weighted by atomic mass is 79.9. The largest absolute Gasteiger partial charge is 0.359 e. The quantitative estimate of drug-likeness (QED) is 0.706. The Balaban J connectivity index is 1.97. The number of nitrogens with zero attached hydrogens (tertiary/aromatic N) is 3. The normalized spacial score (nSPS) is 18.0. The lowest BCUT2D eigenvalue weighted by molar-refractivity contribution is -0.123. The molecule has 2 aliphatic rings. The van der Waals surface area contributed by atoms with Crippen LogP contribution in [0.15, 0.2) is 34.8 Å². The number of hydrogen-bond acceptors (Lipinski definition) is 3. The first kappa shape index (κ1) is 16.4. The van der Waals surface area contributed by atoms with E-state index in [1.165, 1.54) is 12.1 Å². The predicted octanol–water partition coefficient (Wildman–Crippen LogP) is 4.39. The number of carbonyl (C=O) groups excluding carboxylic acids is 1. The minimum absolute atomic E-state index is 0.0250. The molecule has 0 saturated heterocycles. The molecular formula is C19H19BrFN3O. The molecule has 0 N–H and O–H groups in total. The minimum Gasteiger partial charge on any atom is -0.359 e. The zero-order valence-corrected chi connectivity index (χ0v) is 16.2. The van der Waals surface area contributed by atoms with E-state index >= 15 is 0 Å². The molecule has 4 rings (SSSR count). The molecule has 0 aliphatic carbocycles. The summed E-state index contributed by atoms with van der Waals surface area (Å²) in [5, 5.41) is 3.60. The fourth-order valence-corrected chi connectivity index (χ4v) is 4.01. The zero-order chi connectivity index (χ0) is 18.1. The number of aryl methyl sites for hydroxylation is 1. The minimum atomic E-state index is -0.693. The Bertz CT molecular complexity index is 912. The third-order valence-electron chi connectivity index (χ3n) is 5.33. The van der Waals surface area contributed by atoms with Gasteiger partial charge >= 0.3 is 0 Å². The number of amides is 1. The van der Waals surface area contributed by atoms with Crippen molar-refractivity contribution in [2.24, 2.45) is 0 Å². The highest BCUT2D eigenvalue weighted by molar-refractivity contribution is 9.10. The molecule has 1 amide bonds. The monoisotopic (exact) mass is 403 g/mol. The van der Waals surface area contributed by atoms with E-state index < -0.39 is 5.54 Å². The van der Waals surface area contributed by atoms with Crippen molar-refractivity contribution in [2.45, 2.75) is 32.9 Å². The van der Waals surface area contributed by atoms with Crippen molar-refractivity contribution in [3.63, 3.8) is 0 Å². The van der Waals surface area contributed by atoms with E-state index in [0.717, 1.165) is 27.0 Å². The van der Waals surface area contributed by atoms with Gasteiger partial charge in [0.15, 0.2) is 0 Å². The molecular weight excluding hydrogens is 385 g/mol. The van der Waals surface area contributed by atoms with Gasteiger partial charge in [-0.25, -0.2) is 9.40 Å². The zero-order valence-electron chi connectivity index (χ0n) is 14.6. The second kappa shape index (κ2) is 5.21. The van der Waals surface area contributed by atoms with Gasteiger partial charge in [0, 0.05) is 17.1 Å². The summed E-state index contributed by atoms with van der Waals surface area (Å²) >= 11 is 3.61. The molecule has 6 heteroatoms. The summed E-state index contributed by atoms with van der Waals surface area (Å²) in [6, 6.07) is 8.71. The molecule has 25 heavy (non-hydrogen) atoms. The first-order valence-corrected chi connectivity index (χ1v) is 8.96. The maximum atomic E-state index is 13.9. The molecule has 2 aromatic carbocycles. The standard InChI is InChI=1S/C19H19BrFN3O/c1-11-5-6-12(21)9-16(11)23-10-13-14(20)7-8-15-17(13)24(23)18(25)19(2,3)22(15)4/h5-9H,10H2,1-4H3. The molecule has 0 atom stereocenters. The summed E-state index contributed by atoms with van der Waals surface area (Å²) < 4.78 is 14.8. The van der Waals surface area contributed by atoms with Crippen LogP contribution in [0.3, 0.4) is 0 Å². The summed E-state index contributed by atoms with van der Waals surface area (Å²) in [5.74, 6) is -0.334. The third-order valence-corrected chi connectivity index (χ3v) is 6.07. The van der Waals surface area contributed by atoms with Crippen LogP contribution in [-0.2, 0) is 11.3 Å². The smallest absolute Gasteiger partial charge is 0.271 e. The van der Waals surface area contributed by atoms with Gasteiger partial charge in [-0.3, -0.25) is 9.80 Å². The van der Waals surface area contributed by atoms with Crippen LogP contribution in [-0.4, -0.2) is 18.5 Å². The number of anilines is 3. The summed E-state index contributed by atoms with van der Waals surface area (Å²) in [6.07, 6.45) is 0. The highest BCUT2D eigenvalue weighted by Gasteiger charge is 2.49. The molecule has 0 fully saturated rings. The first-order chi connectivity index (χ1) is 11.7. The predicted molar refractivity (Wildman–Crippen MR) is 101 cm³/mol. The van der Waals surface area contributed by atoms with E-state index in [1.54, 1.807) is 11.1 Å². The van der Waals surface area contributed by atoms with Crippen LogP contribution >= 0.6 is 15.9 Å². The van der Waals surface area contributed by atoms with Crippen LogP contribution in [0.5, 0.6) is 0 Å². The van der Waals surface area contributed by atoms with Gasteiger partial charge in [0.2, 0.25) is 0 Å². The Kier molecular flexibility index (Phi) is 3.41. The number of carbonyl (C=O) groups is 1. The lowest BCUT2D eigenvalue weighted by Crippen LogP contribution is -2.61. The highest BCUT2D eigenvalue weighted by Crippen LogP contribution is 2.50. The molecule has 0 unspecified atom stereocenters. The molecule has 2 heterocycles. The third kappa shape index (κ3) is 2.13. The van der Waals surface area contributed by atoms with Gasteiger partial charge in [-0.05, 0) is 50.6 Å². The number of halogens is 2. The van der Waals surface area contributed by atoms with Crippen molar-refractivity contribution >= 4 is 38.9 Å². The van der Waals surface area contributed by atoms with Crippen molar-refractivity contribution in [3.8, 4) is 0 Å². The van der Waals surface area contributed by atoms with E-state index in [2.05, 4.69) is 15.9 Å². The van der Waals surface area contributed by atoms with E-state index in [4.69, 9.17) is 0 Å². The molecule has 130 valence electrons. The Morgan fingerprint density at radius 1 is 1.16 bits per heavy atom. The Hall–Kier alpha value is -2.08. The van der Waals surface area contributed by atoms with Crippen LogP contribution in [0.2, 0.25) is 0 Å². The summed E-state index contributed by atoms with van der Waals surface area (Å²) in [5.41, 5.74) is 3.86. The second-order valence-corrected chi connectivity index (χ2v) is 7.97. The molecule has 4 nitrogen and oxygen atoms in total. The number of rotatable bonds is 1. The van der Waals surface area contributed by atoms with Gasteiger partial charge in [-0.15, -0.1) is 0 Å². The molecule has 0 bridgehead atoms. The summed E-state index contributed by atoms with van der Waals surface area (Å²) in [7, 11) is 1.94. The van der Waals surface area contributed by atoms with E-state index in [0.29, 0.717) is 12.2 Å². The van der Waals surface area contributed by atoms with Crippen molar-refractivity contribution in [2.75, 3.05) is 22.0 Å². The van der Waals surface area contributed by atoms with Crippen LogP contribution in [0, 0.1) is 12.7 Å². The topological polar surface area (TPSA) is 26.8 Å². The Labute approximate surface area is 154 Å². The average molecular weight is 404 g/mol. The second-order valence-electron chi connectivity index (χ2n) is 7.12. The maximum Gasteiger partial charge on any atom is 0.271 e. The number of likely N-dealkylation sites (N-methyl/N-ethyl adjacent to an activating group) is 1. The SMILES string of the molecule is Cc1ccc(F)cc1N1Cc2c(Br)ccc3c2N1C(=O)C(C)(C)N3C. The molecule has 2 aromatic rings. The van der Waals surface area contributed by atoms with Gasteiger partial charge in [-0.2, -0.15) is 0 Å². The fraction of sp³-hybridized carbons (Fsp3) is 0.316. The lowest BCUT2D eigenvalue weighted by Gasteiger charge is -2.46. The van der Waals surface area contributed by atoms with Crippen molar-refractivity contribution in [1.29, 1.82) is 0 Å². The van der Waals surface area contributed by atoms with Crippen LogP contribution < -0.4 is 14.9 Å². The lowest BCUT2D eigenvalue weighted by atomic mass is 9.96. The van der Waals surface area contributed by atoms with Crippen molar-refractivity contribution < 1.29 is 9.18 Å². The summed E-state index contributed by atoms with van der Waals surface area (Å²) in [4.78, 5) is 15.3. The molecule has 0 radical (unpaired) electrons. The van der Waals surface area contributed by atoms with Gasteiger partial charge < -0.3 is 4.90 Å². The fourth-order valence-electron chi connectivity index (χ4n) is 3.57.